The molecule has 0 bridgehead atoms. The second-order valence-corrected chi connectivity index (χ2v) is 6.01. The fourth-order valence-electron chi connectivity index (χ4n) is 2.64. The largest absolute Gasteiger partial charge is 0.387 e. The van der Waals surface area contributed by atoms with Crippen molar-refractivity contribution >= 4 is 0 Å². The van der Waals surface area contributed by atoms with Crippen LogP contribution >= 0.6 is 0 Å². The Labute approximate surface area is 123 Å². The minimum atomic E-state index is -0.445. The average molecular weight is 279 g/mol. The van der Waals surface area contributed by atoms with Crippen LogP contribution in [-0.2, 0) is 4.74 Å². The third kappa shape index (κ3) is 5.23. The summed E-state index contributed by atoms with van der Waals surface area (Å²) in [5.74, 6) is 0. The molecule has 1 aromatic carbocycles. The van der Waals surface area contributed by atoms with Gasteiger partial charge in [-0.3, -0.25) is 0 Å². The molecule has 0 aliphatic carbocycles. The highest BCUT2D eigenvalue weighted by Gasteiger charge is 2.15. The topological polar surface area (TPSA) is 32.7 Å². The molecule has 0 aliphatic heterocycles. The van der Waals surface area contributed by atoms with Crippen LogP contribution < -0.4 is 0 Å². The second kappa shape index (κ2) is 7.77. The molecule has 0 amide bonds. The minimum Gasteiger partial charge on any atom is -0.387 e. The van der Waals surface area contributed by atoms with Gasteiger partial charge in [-0.1, -0.05) is 17.7 Å². The van der Waals surface area contributed by atoms with Crippen LogP contribution in [0.5, 0.6) is 0 Å². The lowest BCUT2D eigenvalue weighted by molar-refractivity contribution is 0.0517. The quantitative estimate of drug-likeness (QED) is 0.833. The van der Waals surface area contributed by atoms with Crippen LogP contribution in [0, 0.1) is 20.8 Å². The van der Waals surface area contributed by atoms with Crippen LogP contribution in [-0.4, -0.2) is 42.9 Å². The van der Waals surface area contributed by atoms with Gasteiger partial charge < -0.3 is 14.7 Å². The van der Waals surface area contributed by atoms with E-state index in [9.17, 15) is 5.11 Å². The highest BCUT2D eigenvalue weighted by atomic mass is 16.5. The molecule has 114 valence electrons. The maximum atomic E-state index is 10.5. The lowest BCUT2D eigenvalue weighted by atomic mass is 9.95. The lowest BCUT2D eigenvalue weighted by Gasteiger charge is -2.23. The van der Waals surface area contributed by atoms with Gasteiger partial charge in [0.05, 0.1) is 18.8 Å². The molecule has 0 fully saturated rings. The smallest absolute Gasteiger partial charge is 0.0921 e. The van der Waals surface area contributed by atoms with E-state index in [-0.39, 0.29) is 6.10 Å². The molecular weight excluding hydrogens is 250 g/mol. The maximum Gasteiger partial charge on any atom is 0.0921 e. The minimum absolute atomic E-state index is 0.259. The molecule has 1 atom stereocenters. The van der Waals surface area contributed by atoms with Crippen LogP contribution in [0.3, 0.4) is 0 Å². The molecule has 1 N–H and O–H groups in total. The van der Waals surface area contributed by atoms with Crippen LogP contribution in [0.15, 0.2) is 12.1 Å². The zero-order valence-electron chi connectivity index (χ0n) is 13.7. The first-order chi connectivity index (χ1) is 9.31. The van der Waals surface area contributed by atoms with Crippen molar-refractivity contribution < 1.29 is 9.84 Å². The number of hydrogen-bond donors (Lipinski definition) is 1. The lowest BCUT2D eigenvalue weighted by Crippen LogP contribution is -2.29. The molecule has 0 heterocycles. The van der Waals surface area contributed by atoms with Crippen molar-refractivity contribution in [1.82, 2.24) is 4.90 Å². The van der Waals surface area contributed by atoms with Gasteiger partial charge in [0.1, 0.15) is 0 Å². The molecule has 3 nitrogen and oxygen atoms in total. The van der Waals surface area contributed by atoms with Crippen molar-refractivity contribution in [2.45, 2.75) is 46.8 Å². The summed E-state index contributed by atoms with van der Waals surface area (Å²) in [5, 5.41) is 10.5. The highest BCUT2D eigenvalue weighted by molar-refractivity contribution is 5.39. The number of likely N-dealkylation sites (N-methyl/N-ethyl adjacent to an activating group) is 1. The Morgan fingerprint density at radius 2 is 1.70 bits per heavy atom. The van der Waals surface area contributed by atoms with Crippen LogP contribution in [0.4, 0.5) is 0 Å². The van der Waals surface area contributed by atoms with Crippen molar-refractivity contribution in [3.63, 3.8) is 0 Å². The number of rotatable bonds is 7. The van der Waals surface area contributed by atoms with Gasteiger partial charge in [0.25, 0.3) is 0 Å². The SMILES string of the molecule is Cc1cc(C)c(C(O)CN(C)CCOC(C)C)c(C)c1. The summed E-state index contributed by atoms with van der Waals surface area (Å²) in [7, 11) is 2.02. The number of aryl methyl sites for hydroxylation is 3. The average Bonchev–Trinajstić information content (AvgIpc) is 2.26. The number of benzene rings is 1. The fourth-order valence-corrected chi connectivity index (χ4v) is 2.64. The van der Waals surface area contributed by atoms with E-state index >= 15 is 0 Å². The Hall–Kier alpha value is -0.900. The summed E-state index contributed by atoms with van der Waals surface area (Å²) in [5.41, 5.74) is 4.64. The van der Waals surface area contributed by atoms with E-state index < -0.39 is 6.10 Å². The monoisotopic (exact) mass is 279 g/mol. The van der Waals surface area contributed by atoms with Crippen LogP contribution in [0.25, 0.3) is 0 Å². The number of ether oxygens (including phenoxy) is 1. The third-order valence-corrected chi connectivity index (χ3v) is 3.48. The van der Waals surface area contributed by atoms with E-state index in [1.165, 1.54) is 16.7 Å². The van der Waals surface area contributed by atoms with Gasteiger partial charge in [-0.15, -0.1) is 0 Å². The van der Waals surface area contributed by atoms with E-state index in [2.05, 4.69) is 37.8 Å². The molecule has 1 unspecified atom stereocenters. The third-order valence-electron chi connectivity index (χ3n) is 3.48. The van der Waals surface area contributed by atoms with Gasteiger partial charge in [0, 0.05) is 13.1 Å². The Bertz CT molecular complexity index is 406. The van der Waals surface area contributed by atoms with E-state index in [1.54, 1.807) is 0 Å². The predicted octanol–water partition coefficient (Wildman–Crippen LogP) is 3.00. The number of hydrogen-bond acceptors (Lipinski definition) is 3. The van der Waals surface area contributed by atoms with Gasteiger partial charge in [0.2, 0.25) is 0 Å². The van der Waals surface area contributed by atoms with E-state index in [1.807, 2.05) is 20.9 Å². The molecular formula is C17H29NO2. The molecule has 1 aromatic rings. The Morgan fingerprint density at radius 1 is 1.15 bits per heavy atom. The Balaban J connectivity index is 2.60. The molecule has 20 heavy (non-hydrogen) atoms. The van der Waals surface area contributed by atoms with Gasteiger partial charge in [0.15, 0.2) is 0 Å². The maximum absolute atomic E-state index is 10.5. The summed E-state index contributed by atoms with van der Waals surface area (Å²) in [6.07, 6.45) is -0.186. The zero-order chi connectivity index (χ0) is 15.3. The summed E-state index contributed by atoms with van der Waals surface area (Å²) in [6, 6.07) is 4.26. The van der Waals surface area contributed by atoms with E-state index in [4.69, 9.17) is 4.74 Å². The van der Waals surface area contributed by atoms with Crippen LogP contribution in [0.2, 0.25) is 0 Å². The molecule has 1 rings (SSSR count). The number of aliphatic hydroxyl groups excluding tert-OH is 1. The molecule has 0 radical (unpaired) electrons. The zero-order valence-corrected chi connectivity index (χ0v) is 13.7. The van der Waals surface area contributed by atoms with Crippen molar-refractivity contribution in [3.05, 3.63) is 34.4 Å². The number of aliphatic hydroxyl groups is 1. The summed E-state index contributed by atoms with van der Waals surface area (Å²) < 4.78 is 5.54. The van der Waals surface area contributed by atoms with Crippen LogP contribution in [0.1, 0.15) is 42.2 Å². The van der Waals surface area contributed by atoms with Crippen molar-refractivity contribution in [1.29, 1.82) is 0 Å². The molecule has 0 saturated heterocycles. The first-order valence-corrected chi connectivity index (χ1v) is 7.37. The molecule has 0 saturated carbocycles. The van der Waals surface area contributed by atoms with Crippen molar-refractivity contribution in [2.75, 3.05) is 26.7 Å². The molecule has 3 heteroatoms. The highest BCUT2D eigenvalue weighted by Crippen LogP contribution is 2.24. The van der Waals surface area contributed by atoms with Crippen molar-refractivity contribution in [2.24, 2.45) is 0 Å². The summed E-state index contributed by atoms with van der Waals surface area (Å²) >= 11 is 0. The Kier molecular flexibility index (Phi) is 6.66. The van der Waals surface area contributed by atoms with Gasteiger partial charge in [-0.25, -0.2) is 0 Å². The molecule has 0 aromatic heterocycles. The van der Waals surface area contributed by atoms with Gasteiger partial charge in [-0.2, -0.15) is 0 Å². The fraction of sp³-hybridized carbons (Fsp3) is 0.647. The van der Waals surface area contributed by atoms with E-state index in [0.29, 0.717) is 13.2 Å². The molecule has 0 aliphatic rings. The molecule has 0 spiro atoms. The first kappa shape index (κ1) is 17.2. The van der Waals surface area contributed by atoms with Gasteiger partial charge in [-0.05, 0) is 58.4 Å². The van der Waals surface area contributed by atoms with Crippen molar-refractivity contribution in [3.8, 4) is 0 Å². The first-order valence-electron chi connectivity index (χ1n) is 7.37. The van der Waals surface area contributed by atoms with E-state index in [0.717, 1.165) is 12.1 Å². The number of nitrogens with zero attached hydrogens (tertiary/aromatic N) is 1. The second-order valence-electron chi connectivity index (χ2n) is 6.01. The summed E-state index contributed by atoms with van der Waals surface area (Å²) in [6.45, 7) is 12.5. The normalized spacial score (nSPS) is 13.2. The predicted molar refractivity (Wildman–Crippen MR) is 84.2 cm³/mol. The summed E-state index contributed by atoms with van der Waals surface area (Å²) in [4.78, 5) is 2.12. The van der Waals surface area contributed by atoms with Gasteiger partial charge >= 0.3 is 0 Å². The standard InChI is InChI=1S/C17H29NO2/c1-12(2)20-8-7-18(6)11-16(19)17-14(4)9-13(3)10-15(17)5/h9-10,12,16,19H,7-8,11H2,1-6H3. The Morgan fingerprint density at radius 3 is 2.20 bits per heavy atom.